The molecule has 19 heteroatoms. The number of amides is 5. The van der Waals surface area contributed by atoms with E-state index in [1.165, 1.54) is 13.8 Å². The van der Waals surface area contributed by atoms with Crippen molar-refractivity contribution in [3.8, 4) is 0 Å². The Morgan fingerprint density at radius 2 is 0.922 bits per heavy atom. The van der Waals surface area contributed by atoms with E-state index in [4.69, 9.17) is 10.8 Å². The third-order valence-corrected chi connectivity index (χ3v) is 8.60. The first-order chi connectivity index (χ1) is 29.8. The fourth-order valence-electron chi connectivity index (χ4n) is 5.21. The van der Waals surface area contributed by atoms with Crippen LogP contribution in [-0.2, 0) is 28.8 Å². The van der Waals surface area contributed by atoms with Gasteiger partial charge in [-0.05, 0) is 73.2 Å². The molecule has 0 bridgehead atoms. The van der Waals surface area contributed by atoms with Crippen LogP contribution in [0.2, 0.25) is 0 Å². The van der Waals surface area contributed by atoms with Crippen molar-refractivity contribution in [2.75, 3.05) is 13.1 Å². The van der Waals surface area contributed by atoms with Crippen LogP contribution < -0.4 is 32.3 Å². The number of carboxylic acids is 1. The Kier molecular flexibility index (Phi) is 24.3. The molecule has 0 aliphatic carbocycles. The normalized spacial score (nSPS) is 13.1. The molecule has 0 spiro atoms. The molecule has 10 N–H and O–H groups in total. The Morgan fingerprint density at radius 3 is 1.31 bits per heavy atom. The van der Waals surface area contributed by atoms with Crippen LogP contribution in [0.3, 0.4) is 0 Å². The Labute approximate surface area is 373 Å². The third kappa shape index (κ3) is 18.7. The number of nitrogens with one attached hydrogen (secondary N) is 5. The lowest BCUT2D eigenvalue weighted by Crippen LogP contribution is -2.49. The second-order valence-electron chi connectivity index (χ2n) is 13.8. The topological polar surface area (TPSA) is 249 Å². The zero-order valence-electron chi connectivity index (χ0n) is 34.9. The minimum atomic E-state index is -1.88. The number of hydrogen-bond acceptors (Lipinski definition) is 9. The Balaban J connectivity index is -0.000000973. The molecule has 4 rings (SSSR count). The smallest absolute Gasteiger partial charge is 0.325 e. The van der Waals surface area contributed by atoms with Crippen molar-refractivity contribution in [1.82, 2.24) is 26.6 Å². The molecule has 0 saturated heterocycles. The number of aliphatic hydroxyl groups is 2. The van der Waals surface area contributed by atoms with E-state index in [0.29, 0.717) is 37.2 Å². The van der Waals surface area contributed by atoms with Crippen molar-refractivity contribution in [1.29, 1.82) is 0 Å². The van der Waals surface area contributed by atoms with Crippen LogP contribution in [0.1, 0.15) is 98.8 Å². The van der Waals surface area contributed by atoms with Crippen LogP contribution in [0.25, 0.3) is 0 Å². The molecule has 4 aromatic rings. The SMILES string of the molecule is C.CCCNC(=O)[C@@H](N)c1ccccc1.CCCNC(=O)[C@@H](NC(=O)[C@H](C)NC(=O)C(O)c1cc(F)cc(F)c1)c1ccccc1.C[C@H](NC(=O)C(O)c1cc(F)cc(F)c1)C(=O)O.[HH].[HH].[HH]. The molecule has 64 heavy (non-hydrogen) atoms. The molecule has 6 atom stereocenters. The zero-order chi connectivity index (χ0) is 47.2. The molecule has 0 radical (unpaired) electrons. The first kappa shape index (κ1) is 55.3. The van der Waals surface area contributed by atoms with E-state index in [1.807, 2.05) is 49.5 Å². The molecule has 0 saturated carbocycles. The van der Waals surface area contributed by atoms with Gasteiger partial charge in [-0.15, -0.1) is 0 Å². The molecular weight excluding hydrogens is 845 g/mol. The summed E-state index contributed by atoms with van der Waals surface area (Å²) in [6.45, 7) is 7.56. The number of nitrogens with two attached hydrogens (primary N) is 1. The van der Waals surface area contributed by atoms with E-state index in [1.54, 1.807) is 30.3 Å². The lowest BCUT2D eigenvalue weighted by molar-refractivity contribution is -0.143. The maximum absolute atomic E-state index is 13.3. The predicted molar refractivity (Wildman–Crippen MR) is 236 cm³/mol. The number of halogens is 4. The van der Waals surface area contributed by atoms with Crippen LogP contribution >= 0.6 is 0 Å². The molecule has 0 aliphatic rings. The Bertz CT molecular complexity index is 2110. The maximum Gasteiger partial charge on any atom is 0.325 e. The van der Waals surface area contributed by atoms with Crippen LogP contribution in [0.15, 0.2) is 97.1 Å². The van der Waals surface area contributed by atoms with Crippen molar-refractivity contribution >= 4 is 35.5 Å². The summed E-state index contributed by atoms with van der Waals surface area (Å²) >= 11 is 0. The molecule has 0 fully saturated rings. The Hall–Kier alpha value is -6.70. The fourth-order valence-corrected chi connectivity index (χ4v) is 5.21. The summed E-state index contributed by atoms with van der Waals surface area (Å²) in [5.41, 5.74) is 6.59. The first-order valence-electron chi connectivity index (χ1n) is 19.6. The van der Waals surface area contributed by atoms with Crippen molar-refractivity contribution in [3.63, 3.8) is 0 Å². The van der Waals surface area contributed by atoms with Crippen molar-refractivity contribution in [2.45, 2.75) is 84.3 Å². The van der Waals surface area contributed by atoms with Crippen LogP contribution in [0, 0.1) is 23.3 Å². The number of aliphatic hydroxyl groups excluding tert-OH is 2. The van der Waals surface area contributed by atoms with Crippen LogP contribution in [-0.4, -0.2) is 76.0 Å². The van der Waals surface area contributed by atoms with E-state index in [0.717, 1.165) is 36.2 Å². The van der Waals surface area contributed by atoms with Crippen molar-refractivity contribution in [3.05, 3.63) is 143 Å². The second kappa shape index (κ2) is 28.1. The van der Waals surface area contributed by atoms with Crippen LogP contribution in [0.4, 0.5) is 17.6 Å². The molecule has 5 amide bonds. The van der Waals surface area contributed by atoms with Gasteiger partial charge < -0.3 is 47.6 Å². The number of carboxylic acid groups (broad SMARTS) is 1. The predicted octanol–water partition coefficient (Wildman–Crippen LogP) is 5.06. The molecule has 0 aromatic heterocycles. The average Bonchev–Trinajstić information content (AvgIpc) is 3.25. The summed E-state index contributed by atoms with van der Waals surface area (Å²) in [5, 5.41) is 40.5. The number of carbonyl (C=O) groups excluding carboxylic acids is 5. The lowest BCUT2D eigenvalue weighted by Gasteiger charge is -2.22. The van der Waals surface area contributed by atoms with Gasteiger partial charge in [-0.3, -0.25) is 28.8 Å². The van der Waals surface area contributed by atoms with Gasteiger partial charge >= 0.3 is 5.97 Å². The lowest BCUT2D eigenvalue weighted by atomic mass is 10.1. The molecule has 354 valence electrons. The molecular formula is C45H62F4N6O9. The fraction of sp³-hybridized carbons (Fsp3) is 0.333. The van der Waals surface area contributed by atoms with Gasteiger partial charge in [0.15, 0.2) is 12.2 Å². The minimum Gasteiger partial charge on any atom is -0.480 e. The van der Waals surface area contributed by atoms with E-state index < -0.39 is 89.2 Å². The summed E-state index contributed by atoms with van der Waals surface area (Å²) in [6, 6.07) is 18.5. The monoisotopic (exact) mass is 906 g/mol. The third-order valence-electron chi connectivity index (χ3n) is 8.60. The number of rotatable bonds is 17. The Morgan fingerprint density at radius 1 is 0.547 bits per heavy atom. The molecule has 4 aromatic carbocycles. The highest BCUT2D eigenvalue weighted by atomic mass is 19.1. The molecule has 0 aliphatic heterocycles. The van der Waals surface area contributed by atoms with E-state index in [-0.39, 0.29) is 28.7 Å². The van der Waals surface area contributed by atoms with Gasteiger partial charge in [0.25, 0.3) is 11.8 Å². The van der Waals surface area contributed by atoms with Crippen LogP contribution in [0.5, 0.6) is 0 Å². The number of carbonyl (C=O) groups is 6. The van der Waals surface area contributed by atoms with Crippen molar-refractivity contribution < 1.29 is 65.9 Å². The largest absolute Gasteiger partial charge is 0.480 e. The summed E-state index contributed by atoms with van der Waals surface area (Å²) in [7, 11) is 0. The quantitative estimate of drug-likeness (QED) is 0.0638. The van der Waals surface area contributed by atoms with Gasteiger partial charge in [0.05, 0.1) is 0 Å². The second-order valence-corrected chi connectivity index (χ2v) is 13.8. The first-order valence-corrected chi connectivity index (χ1v) is 19.6. The molecule has 15 nitrogen and oxygen atoms in total. The number of benzene rings is 4. The highest BCUT2D eigenvalue weighted by molar-refractivity contribution is 5.93. The molecule has 0 heterocycles. The highest BCUT2D eigenvalue weighted by Crippen LogP contribution is 2.19. The standard InChI is InChI=1S/C22H25F2N3O4.C11H11F2NO4.C11H16N2O.CH4.3H2/c1-3-9-25-21(30)18(14-7-5-4-6-8-14)27-20(29)13(2)26-22(31)19(28)15-10-16(23)12-17(24)11-15;1-5(11(17)18)14-10(16)9(15)6-2-7(12)4-8(13)3-6;1-2-8-13-11(14)10(12)9-6-4-3-5-7-9;;;;/h4-8,10-13,18-19,28H,3,9H2,1-2H3,(H,25,30)(H,26,31)(H,27,29);2-5,9,15H,1H3,(H,14,16)(H,17,18);3-7,10H,2,8,12H2,1H3,(H,13,14);1H4;3*1H/t13-,18-,19?;5-,9?;10-;;;;/m000..../s1. The van der Waals surface area contributed by atoms with Gasteiger partial charge in [0, 0.05) is 29.5 Å². The summed E-state index contributed by atoms with van der Waals surface area (Å²) in [5.74, 6) is -8.32. The summed E-state index contributed by atoms with van der Waals surface area (Å²) in [6.07, 6.45) is -2.07. The summed E-state index contributed by atoms with van der Waals surface area (Å²) < 4.78 is 52.4. The van der Waals surface area contributed by atoms with E-state index in [2.05, 4.69) is 21.3 Å². The average molecular weight is 907 g/mol. The highest BCUT2D eigenvalue weighted by Gasteiger charge is 2.28. The van der Waals surface area contributed by atoms with Gasteiger partial charge in [0.2, 0.25) is 17.7 Å². The van der Waals surface area contributed by atoms with Gasteiger partial charge in [-0.25, -0.2) is 17.6 Å². The van der Waals surface area contributed by atoms with E-state index in [9.17, 15) is 56.5 Å². The van der Waals surface area contributed by atoms with Gasteiger partial charge in [-0.1, -0.05) is 81.9 Å². The molecule has 2 unspecified atom stereocenters. The number of hydrogen-bond donors (Lipinski definition) is 9. The number of aliphatic carboxylic acids is 1. The van der Waals surface area contributed by atoms with Gasteiger partial charge in [0.1, 0.15) is 47.4 Å². The van der Waals surface area contributed by atoms with Gasteiger partial charge in [-0.2, -0.15) is 0 Å². The van der Waals surface area contributed by atoms with Crippen molar-refractivity contribution in [2.24, 2.45) is 5.73 Å². The zero-order valence-corrected chi connectivity index (χ0v) is 34.9. The van der Waals surface area contributed by atoms with E-state index >= 15 is 0 Å². The maximum atomic E-state index is 13.3. The minimum absolute atomic E-state index is 0. The summed E-state index contributed by atoms with van der Waals surface area (Å²) in [4.78, 5) is 70.7.